The highest BCUT2D eigenvalue weighted by Gasteiger charge is 2.01. The van der Waals surface area contributed by atoms with Gasteiger partial charge in [0.15, 0.2) is 0 Å². The molecule has 0 aliphatic rings. The second kappa shape index (κ2) is 7.98. The molecule has 0 amide bonds. The first-order valence-electron chi connectivity index (χ1n) is 4.40. The Bertz CT molecular complexity index is 78.5. The molecule has 0 bridgehead atoms. The van der Waals surface area contributed by atoms with E-state index in [1.54, 1.807) is 0 Å². The molecule has 0 aliphatic carbocycles. The lowest BCUT2D eigenvalue weighted by atomic mass is 10.2. The fourth-order valence-corrected chi connectivity index (χ4v) is 1.00. The molecule has 3 N–H and O–H groups in total. The van der Waals surface area contributed by atoms with Gasteiger partial charge in [-0.15, -0.1) is 0 Å². The van der Waals surface area contributed by atoms with Gasteiger partial charge in [0.2, 0.25) is 0 Å². The molecule has 0 heterocycles. The van der Waals surface area contributed by atoms with Gasteiger partial charge in [-0.3, -0.25) is 0 Å². The molecule has 0 radical (unpaired) electrons. The molecule has 1 atom stereocenters. The molecule has 3 nitrogen and oxygen atoms in total. The van der Waals surface area contributed by atoms with Crippen LogP contribution in [0.25, 0.3) is 0 Å². The first kappa shape index (κ1) is 10.9. The quantitative estimate of drug-likeness (QED) is 0.458. The van der Waals surface area contributed by atoms with E-state index in [1.807, 2.05) is 0 Å². The fraction of sp³-hybridized carbons (Fsp3) is 1.00. The minimum Gasteiger partial charge on any atom is -0.395 e. The molecule has 0 saturated carbocycles. The van der Waals surface area contributed by atoms with E-state index in [-0.39, 0.29) is 6.61 Å². The summed E-state index contributed by atoms with van der Waals surface area (Å²) in [5.41, 5.74) is 0. The summed E-state index contributed by atoms with van der Waals surface area (Å²) in [4.78, 5) is 0. The number of aliphatic hydroxyl groups is 1. The molecule has 0 fully saturated rings. The summed E-state index contributed by atoms with van der Waals surface area (Å²) in [7, 11) is 0. The van der Waals surface area contributed by atoms with E-state index in [9.17, 15) is 0 Å². The molecule has 0 saturated heterocycles. The Labute approximate surface area is 69.2 Å². The third-order valence-corrected chi connectivity index (χ3v) is 1.66. The average Bonchev–Trinajstić information content (AvgIpc) is 2.03. The molecule has 0 rings (SSSR count). The Kier molecular flexibility index (Phi) is 7.89. The number of hydrogen-bond acceptors (Lipinski definition) is 3. The summed E-state index contributed by atoms with van der Waals surface area (Å²) in [5, 5.41) is 15.0. The van der Waals surface area contributed by atoms with E-state index >= 15 is 0 Å². The summed E-state index contributed by atoms with van der Waals surface area (Å²) >= 11 is 0. The number of aliphatic hydroxyl groups excluding tert-OH is 1. The van der Waals surface area contributed by atoms with Gasteiger partial charge in [-0.1, -0.05) is 13.8 Å². The standard InChI is InChI=1S/C8H20N2O/c1-3-8(10-4-2)7-9-5-6-11/h8-11H,3-7H2,1-2H3. The van der Waals surface area contributed by atoms with E-state index in [4.69, 9.17) is 5.11 Å². The molecule has 0 aliphatic heterocycles. The third kappa shape index (κ3) is 6.28. The van der Waals surface area contributed by atoms with Crippen LogP contribution in [0.15, 0.2) is 0 Å². The first-order valence-corrected chi connectivity index (χ1v) is 4.40. The van der Waals surface area contributed by atoms with Gasteiger partial charge >= 0.3 is 0 Å². The number of nitrogens with one attached hydrogen (secondary N) is 2. The molecule has 0 aromatic carbocycles. The summed E-state index contributed by atoms with van der Waals surface area (Å²) in [6, 6.07) is 0.548. The van der Waals surface area contributed by atoms with Crippen molar-refractivity contribution in [2.24, 2.45) is 0 Å². The smallest absolute Gasteiger partial charge is 0.0555 e. The van der Waals surface area contributed by atoms with Crippen molar-refractivity contribution >= 4 is 0 Å². The van der Waals surface area contributed by atoms with Crippen LogP contribution < -0.4 is 10.6 Å². The molecule has 0 aromatic rings. The molecule has 11 heavy (non-hydrogen) atoms. The minimum atomic E-state index is 0.225. The van der Waals surface area contributed by atoms with E-state index in [2.05, 4.69) is 24.5 Å². The Hall–Kier alpha value is -0.120. The van der Waals surface area contributed by atoms with Gasteiger partial charge in [0.25, 0.3) is 0 Å². The number of rotatable bonds is 7. The maximum atomic E-state index is 8.50. The normalized spacial score (nSPS) is 13.4. The Morgan fingerprint density at radius 2 is 2.09 bits per heavy atom. The summed E-state index contributed by atoms with van der Waals surface area (Å²) in [6.07, 6.45) is 1.13. The summed E-state index contributed by atoms with van der Waals surface area (Å²) in [6.45, 7) is 7.15. The van der Waals surface area contributed by atoms with Crippen molar-refractivity contribution in [2.45, 2.75) is 26.3 Å². The maximum absolute atomic E-state index is 8.50. The van der Waals surface area contributed by atoms with Gasteiger partial charge in [0, 0.05) is 19.1 Å². The lowest BCUT2D eigenvalue weighted by molar-refractivity contribution is 0.289. The van der Waals surface area contributed by atoms with Gasteiger partial charge < -0.3 is 15.7 Å². The second-order valence-corrected chi connectivity index (χ2v) is 2.59. The zero-order valence-electron chi connectivity index (χ0n) is 7.56. The van der Waals surface area contributed by atoms with Crippen LogP contribution in [-0.4, -0.2) is 37.4 Å². The molecular formula is C8H20N2O. The zero-order valence-corrected chi connectivity index (χ0v) is 7.56. The largest absolute Gasteiger partial charge is 0.395 e. The first-order chi connectivity index (χ1) is 5.35. The highest BCUT2D eigenvalue weighted by molar-refractivity contribution is 4.66. The molecular weight excluding hydrogens is 140 g/mol. The average molecular weight is 160 g/mol. The number of hydrogen-bond donors (Lipinski definition) is 3. The lowest BCUT2D eigenvalue weighted by Crippen LogP contribution is -2.38. The van der Waals surface area contributed by atoms with Crippen molar-refractivity contribution in [1.29, 1.82) is 0 Å². The fourth-order valence-electron chi connectivity index (χ4n) is 1.00. The minimum absolute atomic E-state index is 0.225. The van der Waals surface area contributed by atoms with Crippen molar-refractivity contribution in [2.75, 3.05) is 26.2 Å². The van der Waals surface area contributed by atoms with E-state index in [0.717, 1.165) is 19.5 Å². The van der Waals surface area contributed by atoms with Crippen LogP contribution in [0, 0.1) is 0 Å². The third-order valence-electron chi connectivity index (χ3n) is 1.66. The highest BCUT2D eigenvalue weighted by atomic mass is 16.3. The van der Waals surface area contributed by atoms with Crippen LogP contribution in [0.5, 0.6) is 0 Å². The van der Waals surface area contributed by atoms with Crippen LogP contribution in [-0.2, 0) is 0 Å². The predicted molar refractivity (Wildman–Crippen MR) is 47.7 cm³/mol. The topological polar surface area (TPSA) is 44.3 Å². The van der Waals surface area contributed by atoms with Gasteiger partial charge in [0.05, 0.1) is 6.61 Å². The van der Waals surface area contributed by atoms with Gasteiger partial charge in [-0.05, 0) is 13.0 Å². The second-order valence-electron chi connectivity index (χ2n) is 2.59. The van der Waals surface area contributed by atoms with Gasteiger partial charge in [-0.2, -0.15) is 0 Å². The zero-order chi connectivity index (χ0) is 8.53. The molecule has 68 valence electrons. The Balaban J connectivity index is 3.20. The van der Waals surface area contributed by atoms with Crippen molar-refractivity contribution < 1.29 is 5.11 Å². The van der Waals surface area contributed by atoms with Crippen LogP contribution in [0.2, 0.25) is 0 Å². The molecule has 0 aromatic heterocycles. The van der Waals surface area contributed by atoms with Gasteiger partial charge in [-0.25, -0.2) is 0 Å². The van der Waals surface area contributed by atoms with Crippen molar-refractivity contribution in [3.63, 3.8) is 0 Å². The van der Waals surface area contributed by atoms with Crippen molar-refractivity contribution in [1.82, 2.24) is 10.6 Å². The van der Waals surface area contributed by atoms with Crippen LogP contribution in [0.4, 0.5) is 0 Å². The molecule has 1 unspecified atom stereocenters. The van der Waals surface area contributed by atoms with Crippen molar-refractivity contribution in [3.8, 4) is 0 Å². The van der Waals surface area contributed by atoms with E-state index in [0.29, 0.717) is 12.6 Å². The summed E-state index contributed by atoms with van der Waals surface area (Å²) < 4.78 is 0. The monoisotopic (exact) mass is 160 g/mol. The molecule has 3 heteroatoms. The Morgan fingerprint density at radius 3 is 2.55 bits per heavy atom. The van der Waals surface area contributed by atoms with Crippen LogP contribution in [0.3, 0.4) is 0 Å². The predicted octanol–water partition coefficient (Wildman–Crippen LogP) is -0.0436. The summed E-state index contributed by atoms with van der Waals surface area (Å²) in [5.74, 6) is 0. The van der Waals surface area contributed by atoms with Crippen molar-refractivity contribution in [3.05, 3.63) is 0 Å². The van der Waals surface area contributed by atoms with E-state index in [1.165, 1.54) is 0 Å². The van der Waals surface area contributed by atoms with Crippen LogP contribution in [0.1, 0.15) is 20.3 Å². The maximum Gasteiger partial charge on any atom is 0.0555 e. The highest BCUT2D eigenvalue weighted by Crippen LogP contribution is 1.86. The SMILES string of the molecule is CCNC(CC)CNCCO. The van der Waals surface area contributed by atoms with Gasteiger partial charge in [0.1, 0.15) is 0 Å². The van der Waals surface area contributed by atoms with E-state index < -0.39 is 0 Å². The Morgan fingerprint density at radius 1 is 1.36 bits per heavy atom. The van der Waals surface area contributed by atoms with Crippen LogP contribution >= 0.6 is 0 Å². The molecule has 0 spiro atoms. The number of likely N-dealkylation sites (N-methyl/N-ethyl adjacent to an activating group) is 1. The lowest BCUT2D eigenvalue weighted by Gasteiger charge is -2.15.